The van der Waals surface area contributed by atoms with Gasteiger partial charge in [-0.3, -0.25) is 14.6 Å². The quantitative estimate of drug-likeness (QED) is 0.744. The number of aromatic nitrogens is 3. The molecule has 2 aromatic heterocycles. The van der Waals surface area contributed by atoms with Gasteiger partial charge in [-0.25, -0.2) is 4.98 Å². The molecule has 0 fully saturated rings. The van der Waals surface area contributed by atoms with Crippen LogP contribution in [-0.4, -0.2) is 37.8 Å². The summed E-state index contributed by atoms with van der Waals surface area (Å²) in [7, 11) is 0. The second-order valence-corrected chi connectivity index (χ2v) is 7.27. The second-order valence-electron chi connectivity index (χ2n) is 7.27. The van der Waals surface area contributed by atoms with E-state index in [0.717, 1.165) is 17.0 Å². The highest BCUT2D eigenvalue weighted by Gasteiger charge is 2.31. The molecule has 0 bridgehead atoms. The third kappa shape index (κ3) is 3.89. The van der Waals surface area contributed by atoms with Gasteiger partial charge in [0.25, 0.3) is 11.8 Å². The van der Waals surface area contributed by atoms with Crippen LogP contribution in [0.25, 0.3) is 0 Å². The van der Waals surface area contributed by atoms with Crippen molar-refractivity contribution in [3.05, 3.63) is 83.2 Å². The van der Waals surface area contributed by atoms with Crippen molar-refractivity contribution in [1.29, 1.82) is 0 Å². The molecule has 0 spiro atoms. The lowest BCUT2D eigenvalue weighted by atomic mass is 10.1. The molecule has 1 unspecified atom stereocenters. The summed E-state index contributed by atoms with van der Waals surface area (Å²) in [5.74, 6) is 0.473. The third-order valence-corrected chi connectivity index (χ3v) is 5.16. The predicted molar refractivity (Wildman–Crippen MR) is 108 cm³/mol. The van der Waals surface area contributed by atoms with Crippen LogP contribution < -0.4 is 5.32 Å². The van der Waals surface area contributed by atoms with Gasteiger partial charge in [-0.1, -0.05) is 23.8 Å². The molecular weight excluding hydrogens is 366 g/mol. The number of carbonyl (C=O) groups excluding carboxylic acids is 2. The van der Waals surface area contributed by atoms with Gasteiger partial charge in [-0.15, -0.1) is 0 Å². The first-order valence-electron chi connectivity index (χ1n) is 9.65. The van der Waals surface area contributed by atoms with Crippen molar-refractivity contribution in [3.8, 4) is 0 Å². The Morgan fingerprint density at radius 1 is 1.21 bits per heavy atom. The first kappa shape index (κ1) is 18.9. The second kappa shape index (κ2) is 7.87. The Balaban J connectivity index is 1.48. The van der Waals surface area contributed by atoms with E-state index < -0.39 is 0 Å². The van der Waals surface area contributed by atoms with Gasteiger partial charge >= 0.3 is 0 Å². The molecule has 3 aromatic rings. The lowest BCUT2D eigenvalue weighted by molar-refractivity contribution is 0.0637. The summed E-state index contributed by atoms with van der Waals surface area (Å²) in [6, 6.07) is 11.1. The molecule has 4 rings (SSSR count). The number of amides is 2. The highest BCUT2D eigenvalue weighted by molar-refractivity contribution is 5.95. The van der Waals surface area contributed by atoms with Gasteiger partial charge in [0.15, 0.2) is 0 Å². The first-order chi connectivity index (χ1) is 14.0. The predicted octanol–water partition coefficient (Wildman–Crippen LogP) is 2.73. The van der Waals surface area contributed by atoms with Crippen LogP contribution in [0.1, 0.15) is 50.8 Å². The number of aryl methyl sites for hydroxylation is 1. The Kier molecular flexibility index (Phi) is 5.12. The summed E-state index contributed by atoms with van der Waals surface area (Å²) in [5.41, 5.74) is 3.01. The Hall–Kier alpha value is -3.48. The number of pyridine rings is 1. The number of hydrogen-bond acceptors (Lipinski definition) is 4. The third-order valence-electron chi connectivity index (χ3n) is 5.16. The van der Waals surface area contributed by atoms with E-state index in [9.17, 15) is 9.59 Å². The Morgan fingerprint density at radius 2 is 2.07 bits per heavy atom. The molecule has 2 amide bonds. The molecule has 3 heterocycles. The number of rotatable bonds is 4. The summed E-state index contributed by atoms with van der Waals surface area (Å²) >= 11 is 0. The van der Waals surface area contributed by atoms with E-state index in [1.54, 1.807) is 18.6 Å². The minimum Gasteiger partial charge on any atom is -0.347 e. The minimum atomic E-state index is -0.237. The maximum atomic E-state index is 13.0. The van der Waals surface area contributed by atoms with Crippen LogP contribution in [0.5, 0.6) is 0 Å². The van der Waals surface area contributed by atoms with E-state index in [0.29, 0.717) is 30.9 Å². The minimum absolute atomic E-state index is 0.0157. The van der Waals surface area contributed by atoms with Crippen LogP contribution in [0.3, 0.4) is 0 Å². The molecule has 1 N–H and O–H groups in total. The number of nitrogens with zero attached hydrogens (tertiary/aromatic N) is 4. The zero-order valence-corrected chi connectivity index (χ0v) is 16.5. The largest absolute Gasteiger partial charge is 0.347 e. The SMILES string of the molecule is Cc1cccc(C(=O)N2CCn3cc(C(=O)NCc4cccnc4)nc3C2C)c1. The van der Waals surface area contributed by atoms with Crippen LogP contribution in [0, 0.1) is 6.92 Å². The van der Waals surface area contributed by atoms with Gasteiger partial charge in [0, 0.05) is 43.8 Å². The summed E-state index contributed by atoms with van der Waals surface area (Å²) in [5, 5.41) is 2.87. The number of carbonyl (C=O) groups is 2. The van der Waals surface area contributed by atoms with Crippen LogP contribution in [0.15, 0.2) is 55.0 Å². The van der Waals surface area contributed by atoms with E-state index in [1.165, 1.54) is 0 Å². The first-order valence-corrected chi connectivity index (χ1v) is 9.65. The van der Waals surface area contributed by atoms with Crippen molar-refractivity contribution in [1.82, 2.24) is 24.8 Å². The molecule has 1 atom stereocenters. The topological polar surface area (TPSA) is 80.1 Å². The smallest absolute Gasteiger partial charge is 0.271 e. The van der Waals surface area contributed by atoms with Crippen molar-refractivity contribution in [2.24, 2.45) is 0 Å². The molecule has 148 valence electrons. The molecule has 7 heteroatoms. The lowest BCUT2D eigenvalue weighted by Gasteiger charge is -2.33. The summed E-state index contributed by atoms with van der Waals surface area (Å²) in [4.78, 5) is 35.9. The number of benzene rings is 1. The van der Waals surface area contributed by atoms with E-state index in [2.05, 4.69) is 15.3 Å². The molecule has 7 nitrogen and oxygen atoms in total. The fraction of sp³-hybridized carbons (Fsp3) is 0.273. The van der Waals surface area contributed by atoms with E-state index in [4.69, 9.17) is 0 Å². The van der Waals surface area contributed by atoms with Crippen LogP contribution in [0.2, 0.25) is 0 Å². The summed E-state index contributed by atoms with van der Waals surface area (Å²) in [6.45, 7) is 5.50. The van der Waals surface area contributed by atoms with E-state index in [-0.39, 0.29) is 17.9 Å². The Labute approximate surface area is 169 Å². The van der Waals surface area contributed by atoms with Crippen molar-refractivity contribution >= 4 is 11.8 Å². The zero-order valence-electron chi connectivity index (χ0n) is 16.5. The van der Waals surface area contributed by atoms with Crippen LogP contribution >= 0.6 is 0 Å². The highest BCUT2D eigenvalue weighted by Crippen LogP contribution is 2.26. The number of nitrogens with one attached hydrogen (secondary N) is 1. The maximum Gasteiger partial charge on any atom is 0.271 e. The maximum absolute atomic E-state index is 13.0. The number of imidazole rings is 1. The molecule has 1 aromatic carbocycles. The monoisotopic (exact) mass is 389 g/mol. The molecular formula is C22H23N5O2. The van der Waals surface area contributed by atoms with E-state index >= 15 is 0 Å². The highest BCUT2D eigenvalue weighted by atomic mass is 16.2. The molecule has 1 aliphatic heterocycles. The average molecular weight is 389 g/mol. The molecule has 1 aliphatic rings. The number of hydrogen-bond donors (Lipinski definition) is 1. The average Bonchev–Trinajstić information content (AvgIpc) is 3.18. The molecule has 0 radical (unpaired) electrons. The number of fused-ring (bicyclic) bond motifs is 1. The fourth-order valence-corrected chi connectivity index (χ4v) is 3.60. The van der Waals surface area contributed by atoms with Crippen LogP contribution in [0.4, 0.5) is 0 Å². The van der Waals surface area contributed by atoms with Crippen LogP contribution in [-0.2, 0) is 13.1 Å². The van der Waals surface area contributed by atoms with Gasteiger partial charge in [0.05, 0.1) is 6.04 Å². The van der Waals surface area contributed by atoms with Gasteiger partial charge < -0.3 is 14.8 Å². The van der Waals surface area contributed by atoms with Crippen molar-refractivity contribution in [2.45, 2.75) is 33.0 Å². The van der Waals surface area contributed by atoms with Gasteiger partial charge in [0.2, 0.25) is 0 Å². The van der Waals surface area contributed by atoms with Crippen molar-refractivity contribution < 1.29 is 9.59 Å². The van der Waals surface area contributed by atoms with Gasteiger partial charge in [0.1, 0.15) is 11.5 Å². The lowest BCUT2D eigenvalue weighted by Crippen LogP contribution is -2.41. The normalized spacial score (nSPS) is 15.7. The zero-order chi connectivity index (χ0) is 20.4. The standard InChI is InChI=1S/C22H23N5O2/c1-15-5-3-7-18(11-15)22(29)27-10-9-26-14-19(25-20(26)16(27)2)21(28)24-13-17-6-4-8-23-12-17/h3-8,11-12,14,16H,9-10,13H2,1-2H3,(H,24,28). The summed E-state index contributed by atoms with van der Waals surface area (Å²) in [6.07, 6.45) is 5.17. The molecule has 0 saturated carbocycles. The Morgan fingerprint density at radius 3 is 2.83 bits per heavy atom. The molecule has 0 aliphatic carbocycles. The fourth-order valence-electron chi connectivity index (χ4n) is 3.60. The Bertz CT molecular complexity index is 1040. The van der Waals surface area contributed by atoms with Gasteiger partial charge in [-0.05, 0) is 37.6 Å². The van der Waals surface area contributed by atoms with Crippen molar-refractivity contribution in [2.75, 3.05) is 6.54 Å². The van der Waals surface area contributed by atoms with Gasteiger partial charge in [-0.2, -0.15) is 0 Å². The summed E-state index contributed by atoms with van der Waals surface area (Å²) < 4.78 is 1.96. The van der Waals surface area contributed by atoms with E-state index in [1.807, 2.05) is 59.7 Å². The molecule has 0 saturated heterocycles. The molecule has 29 heavy (non-hydrogen) atoms. The van der Waals surface area contributed by atoms with Crippen molar-refractivity contribution in [3.63, 3.8) is 0 Å².